The molecule has 0 bridgehead atoms. The smallest absolute Gasteiger partial charge is 0.236 e. The van der Waals surface area contributed by atoms with Crippen LogP contribution in [-0.4, -0.2) is 40.8 Å². The van der Waals surface area contributed by atoms with Gasteiger partial charge in [-0.15, -0.1) is 0 Å². The van der Waals surface area contributed by atoms with Crippen LogP contribution in [0.15, 0.2) is 5.16 Å². The highest BCUT2D eigenvalue weighted by Gasteiger charge is 2.51. The number of amides is 2. The third-order valence-corrected chi connectivity index (χ3v) is 4.82. The molecule has 1 aliphatic heterocycles. The van der Waals surface area contributed by atoms with Gasteiger partial charge in [-0.05, 0) is 26.2 Å². The molecule has 0 aromatic carbocycles. The summed E-state index contributed by atoms with van der Waals surface area (Å²) < 4.78 is 0. The Morgan fingerprint density at radius 2 is 1.80 bits per heavy atom. The fraction of sp³-hybridized carbons (Fsp3) is 0.769. The lowest BCUT2D eigenvalue weighted by Gasteiger charge is -2.31. The van der Waals surface area contributed by atoms with Crippen LogP contribution < -0.4 is 11.5 Å². The molecule has 0 radical (unpaired) electrons. The van der Waals surface area contributed by atoms with Gasteiger partial charge in [-0.2, -0.15) is 0 Å². The highest BCUT2D eigenvalue weighted by atomic mass is 16.4. The number of rotatable bonds is 3. The first-order valence-electron chi connectivity index (χ1n) is 6.93. The second-order valence-corrected chi connectivity index (χ2v) is 6.18. The van der Waals surface area contributed by atoms with Crippen molar-refractivity contribution in [2.24, 2.45) is 27.5 Å². The highest BCUT2D eigenvalue weighted by molar-refractivity contribution is 6.07. The molecule has 1 atom stereocenters. The Labute approximate surface area is 118 Å². The van der Waals surface area contributed by atoms with Gasteiger partial charge >= 0.3 is 0 Å². The maximum absolute atomic E-state index is 12.8. The van der Waals surface area contributed by atoms with Crippen molar-refractivity contribution < 1.29 is 14.8 Å². The average Bonchev–Trinajstić information content (AvgIpc) is 3.05. The number of carbonyl (C=O) groups is 2. The number of primary amides is 1. The van der Waals surface area contributed by atoms with Crippen LogP contribution in [0, 0.1) is 10.8 Å². The van der Waals surface area contributed by atoms with Crippen LogP contribution in [0.3, 0.4) is 0 Å². The van der Waals surface area contributed by atoms with E-state index in [9.17, 15) is 9.59 Å². The molecule has 0 aromatic heterocycles. The van der Waals surface area contributed by atoms with Crippen molar-refractivity contribution in [3.05, 3.63) is 0 Å². The molecule has 1 unspecified atom stereocenters. The molecule has 20 heavy (non-hydrogen) atoms. The van der Waals surface area contributed by atoms with Gasteiger partial charge in [0.25, 0.3) is 0 Å². The molecule has 2 fully saturated rings. The number of hydrogen-bond acceptors (Lipinski definition) is 4. The molecule has 0 spiro atoms. The second-order valence-electron chi connectivity index (χ2n) is 6.18. The lowest BCUT2D eigenvalue weighted by molar-refractivity contribution is -0.138. The molecular formula is C13H22N4O3. The first kappa shape index (κ1) is 14.6. The van der Waals surface area contributed by atoms with E-state index in [1.165, 1.54) is 0 Å². The van der Waals surface area contributed by atoms with Crippen molar-refractivity contribution in [1.29, 1.82) is 0 Å². The van der Waals surface area contributed by atoms with Gasteiger partial charge in [0.05, 0.1) is 5.41 Å². The van der Waals surface area contributed by atoms with E-state index in [1.807, 2.05) is 0 Å². The minimum Gasteiger partial charge on any atom is -0.409 e. The van der Waals surface area contributed by atoms with Gasteiger partial charge in [-0.3, -0.25) is 9.59 Å². The average molecular weight is 282 g/mol. The summed E-state index contributed by atoms with van der Waals surface area (Å²) in [4.78, 5) is 25.9. The Hall–Kier alpha value is -1.79. The minimum atomic E-state index is -0.905. The van der Waals surface area contributed by atoms with E-state index in [1.54, 1.807) is 11.8 Å². The van der Waals surface area contributed by atoms with E-state index in [-0.39, 0.29) is 11.7 Å². The van der Waals surface area contributed by atoms with Crippen LogP contribution in [0.5, 0.6) is 0 Å². The Balaban J connectivity index is 2.21. The molecule has 1 heterocycles. The van der Waals surface area contributed by atoms with Crippen LogP contribution in [0.25, 0.3) is 0 Å². The molecule has 1 saturated carbocycles. The van der Waals surface area contributed by atoms with E-state index < -0.39 is 16.7 Å². The van der Waals surface area contributed by atoms with Crippen molar-refractivity contribution in [3.8, 4) is 0 Å². The first-order chi connectivity index (χ1) is 9.35. The topological polar surface area (TPSA) is 122 Å². The Morgan fingerprint density at radius 3 is 2.25 bits per heavy atom. The summed E-state index contributed by atoms with van der Waals surface area (Å²) in [5.41, 5.74) is 9.59. The Bertz CT molecular complexity index is 457. The number of hydrogen-bond donors (Lipinski definition) is 3. The van der Waals surface area contributed by atoms with Crippen LogP contribution in [-0.2, 0) is 9.59 Å². The molecule has 1 saturated heterocycles. The zero-order valence-corrected chi connectivity index (χ0v) is 11.8. The summed E-state index contributed by atoms with van der Waals surface area (Å²) in [6.45, 7) is 2.56. The maximum Gasteiger partial charge on any atom is 0.236 e. The zero-order chi connectivity index (χ0) is 15.0. The van der Waals surface area contributed by atoms with Crippen LogP contribution in [0.2, 0.25) is 0 Å². The predicted molar refractivity (Wildman–Crippen MR) is 72.8 cm³/mol. The molecule has 5 N–H and O–H groups in total. The summed E-state index contributed by atoms with van der Waals surface area (Å²) in [6, 6.07) is 0. The molecule has 2 aliphatic rings. The SMILES string of the molecule is CC1(C(N)=O)CCN(C(=O)C2(C(N)=NO)CCCC2)C1. The lowest BCUT2D eigenvalue weighted by Crippen LogP contribution is -2.50. The molecule has 112 valence electrons. The summed E-state index contributed by atoms with van der Waals surface area (Å²) in [5.74, 6) is -0.556. The molecule has 7 nitrogen and oxygen atoms in total. The van der Waals surface area contributed by atoms with Crippen LogP contribution >= 0.6 is 0 Å². The standard InChI is InChI=1S/C13H22N4O3/c1-12(10(15)18)6-7-17(8-12)11(19)13(9(14)16-20)4-2-3-5-13/h20H,2-8H2,1H3,(H2,14,16)(H2,15,18). The van der Waals surface area contributed by atoms with Gasteiger partial charge in [0.15, 0.2) is 5.84 Å². The van der Waals surface area contributed by atoms with Gasteiger partial charge in [-0.1, -0.05) is 18.0 Å². The quantitative estimate of drug-likeness (QED) is 0.292. The maximum atomic E-state index is 12.8. The van der Waals surface area contributed by atoms with Crippen molar-refractivity contribution in [1.82, 2.24) is 4.90 Å². The first-order valence-corrected chi connectivity index (χ1v) is 6.93. The number of likely N-dealkylation sites (tertiary alicyclic amines) is 1. The summed E-state index contributed by atoms with van der Waals surface area (Å²) >= 11 is 0. The zero-order valence-electron chi connectivity index (χ0n) is 11.8. The van der Waals surface area contributed by atoms with E-state index in [4.69, 9.17) is 16.7 Å². The molecule has 7 heteroatoms. The van der Waals surface area contributed by atoms with Crippen LogP contribution in [0.1, 0.15) is 39.0 Å². The third kappa shape index (κ3) is 2.10. The molecule has 0 aromatic rings. The minimum absolute atomic E-state index is 0.0207. The number of nitrogens with two attached hydrogens (primary N) is 2. The number of oxime groups is 1. The monoisotopic (exact) mass is 282 g/mol. The Morgan fingerprint density at radius 1 is 1.20 bits per heavy atom. The lowest BCUT2D eigenvalue weighted by atomic mass is 9.83. The molecular weight excluding hydrogens is 260 g/mol. The number of amidine groups is 1. The largest absolute Gasteiger partial charge is 0.409 e. The molecule has 1 aliphatic carbocycles. The van der Waals surface area contributed by atoms with Crippen molar-refractivity contribution >= 4 is 17.6 Å². The van der Waals surface area contributed by atoms with Gasteiger partial charge in [0.1, 0.15) is 5.41 Å². The van der Waals surface area contributed by atoms with E-state index in [0.717, 1.165) is 12.8 Å². The van der Waals surface area contributed by atoms with Gasteiger partial charge < -0.3 is 21.6 Å². The van der Waals surface area contributed by atoms with Crippen LogP contribution in [0.4, 0.5) is 0 Å². The fourth-order valence-electron chi connectivity index (χ4n) is 3.29. The Kier molecular flexibility index (Phi) is 3.62. The van der Waals surface area contributed by atoms with Gasteiger partial charge in [0, 0.05) is 13.1 Å². The highest BCUT2D eigenvalue weighted by Crippen LogP contribution is 2.42. The van der Waals surface area contributed by atoms with Gasteiger partial charge in [-0.25, -0.2) is 0 Å². The second kappa shape index (κ2) is 4.96. The summed E-state index contributed by atoms with van der Waals surface area (Å²) in [6.07, 6.45) is 3.49. The van der Waals surface area contributed by atoms with Crippen molar-refractivity contribution in [2.45, 2.75) is 39.0 Å². The van der Waals surface area contributed by atoms with E-state index in [0.29, 0.717) is 32.4 Å². The van der Waals surface area contributed by atoms with Gasteiger partial charge in [0.2, 0.25) is 11.8 Å². The predicted octanol–water partition coefficient (Wildman–Crippen LogP) is 0.0171. The third-order valence-electron chi connectivity index (χ3n) is 4.82. The summed E-state index contributed by atoms with van der Waals surface area (Å²) in [7, 11) is 0. The van der Waals surface area contributed by atoms with Crippen molar-refractivity contribution in [2.75, 3.05) is 13.1 Å². The summed E-state index contributed by atoms with van der Waals surface area (Å²) in [5, 5.41) is 12.0. The molecule has 2 rings (SSSR count). The van der Waals surface area contributed by atoms with E-state index in [2.05, 4.69) is 5.16 Å². The fourth-order valence-corrected chi connectivity index (χ4v) is 3.29. The number of carbonyl (C=O) groups excluding carboxylic acids is 2. The normalized spacial score (nSPS) is 29.6. The number of nitrogens with zero attached hydrogens (tertiary/aromatic N) is 2. The molecule has 2 amide bonds. The van der Waals surface area contributed by atoms with Crippen molar-refractivity contribution in [3.63, 3.8) is 0 Å². The van der Waals surface area contributed by atoms with E-state index >= 15 is 0 Å².